The highest BCUT2D eigenvalue weighted by atomic mass is 32.1. The molecule has 0 atom stereocenters. The van der Waals surface area contributed by atoms with Crippen LogP contribution in [-0.2, 0) is 9.59 Å². The molecule has 21 heavy (non-hydrogen) atoms. The summed E-state index contributed by atoms with van der Waals surface area (Å²) in [7, 11) is 0. The van der Waals surface area contributed by atoms with Crippen molar-refractivity contribution in [2.75, 3.05) is 10.6 Å². The van der Waals surface area contributed by atoms with Crippen molar-refractivity contribution >= 4 is 40.5 Å². The number of benzene rings is 1. The number of carbonyl (C=O) groups excluding carboxylic acids is 2. The number of amides is 2. The quantitative estimate of drug-likeness (QED) is 0.751. The lowest BCUT2D eigenvalue weighted by Crippen LogP contribution is -2.33. The topological polar surface area (TPSA) is 70.2 Å². The Hall–Kier alpha value is -1.95. The summed E-state index contributed by atoms with van der Waals surface area (Å²) in [5.41, 5.74) is 0.904. The number of rotatable bonds is 3. The number of carbonyl (C=O) groups is 2. The maximum Gasteiger partial charge on any atom is 0.229 e. The number of nitrogens with one attached hydrogen (secondary N) is 3. The van der Waals surface area contributed by atoms with E-state index in [4.69, 9.17) is 12.2 Å². The summed E-state index contributed by atoms with van der Waals surface area (Å²) in [6, 6.07) is 7.15. The lowest BCUT2D eigenvalue weighted by molar-refractivity contribution is -0.123. The summed E-state index contributed by atoms with van der Waals surface area (Å²) < 4.78 is 0. The second kappa shape index (κ2) is 7.17. The van der Waals surface area contributed by atoms with E-state index in [-0.39, 0.29) is 16.9 Å². The Labute approximate surface area is 130 Å². The third-order valence-electron chi connectivity index (χ3n) is 2.63. The molecule has 0 aliphatic heterocycles. The average molecular weight is 307 g/mol. The van der Waals surface area contributed by atoms with E-state index in [9.17, 15) is 9.59 Å². The molecular weight excluding hydrogens is 286 g/mol. The Balaban J connectivity index is 2.71. The lowest BCUT2D eigenvalue weighted by Gasteiger charge is -2.18. The fraction of sp³-hybridized carbons (Fsp3) is 0.400. The van der Waals surface area contributed by atoms with E-state index in [1.54, 1.807) is 31.2 Å². The third-order valence-corrected chi connectivity index (χ3v) is 2.84. The van der Waals surface area contributed by atoms with Crippen LogP contribution in [0.4, 0.5) is 11.4 Å². The molecular formula is C15H21N3O2S. The zero-order valence-electron chi connectivity index (χ0n) is 12.7. The van der Waals surface area contributed by atoms with E-state index in [1.165, 1.54) is 0 Å². The van der Waals surface area contributed by atoms with Crippen LogP contribution in [-0.4, -0.2) is 16.9 Å². The van der Waals surface area contributed by atoms with Crippen molar-refractivity contribution in [1.82, 2.24) is 5.32 Å². The smallest absolute Gasteiger partial charge is 0.229 e. The van der Waals surface area contributed by atoms with Crippen molar-refractivity contribution in [3.63, 3.8) is 0 Å². The highest BCUT2D eigenvalue weighted by molar-refractivity contribution is 7.80. The van der Waals surface area contributed by atoms with E-state index in [0.717, 1.165) is 0 Å². The minimum atomic E-state index is -0.464. The van der Waals surface area contributed by atoms with Gasteiger partial charge in [-0.3, -0.25) is 9.59 Å². The van der Waals surface area contributed by atoms with Crippen LogP contribution < -0.4 is 16.0 Å². The lowest BCUT2D eigenvalue weighted by atomic mass is 9.95. The first kappa shape index (κ1) is 17.1. The van der Waals surface area contributed by atoms with Crippen LogP contribution in [0.15, 0.2) is 24.3 Å². The van der Waals surface area contributed by atoms with Crippen molar-refractivity contribution in [3.8, 4) is 0 Å². The number of hydrogen-bond donors (Lipinski definition) is 3. The average Bonchev–Trinajstić information content (AvgIpc) is 2.37. The summed E-state index contributed by atoms with van der Waals surface area (Å²) in [4.78, 5) is 23.2. The molecule has 5 nitrogen and oxygen atoms in total. The van der Waals surface area contributed by atoms with Crippen LogP contribution in [0, 0.1) is 5.41 Å². The summed E-state index contributed by atoms with van der Waals surface area (Å²) >= 11 is 5.04. The maximum atomic E-state index is 11.9. The van der Waals surface area contributed by atoms with Crippen molar-refractivity contribution < 1.29 is 9.59 Å². The Kier molecular flexibility index (Phi) is 5.84. The van der Waals surface area contributed by atoms with Crippen LogP contribution in [0.5, 0.6) is 0 Å². The zero-order valence-corrected chi connectivity index (χ0v) is 13.6. The van der Waals surface area contributed by atoms with Gasteiger partial charge >= 0.3 is 0 Å². The van der Waals surface area contributed by atoms with Gasteiger partial charge in [-0.15, -0.1) is 0 Å². The van der Waals surface area contributed by atoms with E-state index in [2.05, 4.69) is 16.0 Å². The predicted molar refractivity (Wildman–Crippen MR) is 89.2 cm³/mol. The molecule has 6 heteroatoms. The van der Waals surface area contributed by atoms with Gasteiger partial charge in [0.2, 0.25) is 11.8 Å². The van der Waals surface area contributed by atoms with Crippen molar-refractivity contribution in [2.24, 2.45) is 5.41 Å². The van der Waals surface area contributed by atoms with Crippen LogP contribution in [0.25, 0.3) is 0 Å². The van der Waals surface area contributed by atoms with Crippen molar-refractivity contribution in [2.45, 2.75) is 34.1 Å². The summed E-state index contributed by atoms with van der Waals surface area (Å²) in [6.07, 6.45) is 0.365. The van der Waals surface area contributed by atoms with Crippen molar-refractivity contribution in [1.29, 1.82) is 0 Å². The van der Waals surface area contributed by atoms with Gasteiger partial charge in [0.1, 0.15) is 0 Å². The Morgan fingerprint density at radius 3 is 2.24 bits per heavy atom. The first-order chi connectivity index (χ1) is 9.72. The van der Waals surface area contributed by atoms with Crippen LogP contribution in [0.2, 0.25) is 0 Å². The van der Waals surface area contributed by atoms with Crippen molar-refractivity contribution in [3.05, 3.63) is 24.3 Å². The number of anilines is 2. The minimum Gasteiger partial charge on any atom is -0.332 e. The van der Waals surface area contributed by atoms with Gasteiger partial charge in [-0.1, -0.05) is 33.8 Å². The van der Waals surface area contributed by atoms with E-state index in [1.807, 2.05) is 20.8 Å². The molecule has 0 saturated carbocycles. The second-order valence-corrected chi connectivity index (χ2v) is 6.05. The Morgan fingerprint density at radius 2 is 1.71 bits per heavy atom. The van der Waals surface area contributed by atoms with Gasteiger partial charge in [-0.2, -0.15) is 0 Å². The molecule has 0 spiro atoms. The van der Waals surface area contributed by atoms with E-state index in [0.29, 0.717) is 17.8 Å². The van der Waals surface area contributed by atoms with Gasteiger partial charge in [0.25, 0.3) is 0 Å². The molecule has 0 saturated heterocycles. The Bertz CT molecular complexity index is 550. The molecule has 0 unspecified atom stereocenters. The van der Waals surface area contributed by atoms with Gasteiger partial charge in [0, 0.05) is 23.2 Å². The van der Waals surface area contributed by atoms with E-state index >= 15 is 0 Å². The van der Waals surface area contributed by atoms with Gasteiger partial charge in [0.05, 0.1) is 0 Å². The zero-order chi connectivity index (χ0) is 16.0. The molecule has 0 heterocycles. The largest absolute Gasteiger partial charge is 0.332 e. The monoisotopic (exact) mass is 307 g/mol. The normalized spacial score (nSPS) is 10.7. The Morgan fingerprint density at radius 1 is 1.14 bits per heavy atom. The van der Waals surface area contributed by atoms with Gasteiger partial charge in [0.15, 0.2) is 5.11 Å². The molecule has 2 amide bonds. The second-order valence-electron chi connectivity index (χ2n) is 5.64. The highest BCUT2D eigenvalue weighted by Crippen LogP contribution is 2.19. The molecule has 1 rings (SSSR count). The first-order valence-corrected chi connectivity index (χ1v) is 7.15. The molecule has 1 aromatic rings. The minimum absolute atomic E-state index is 0.0680. The molecule has 0 fully saturated rings. The third kappa shape index (κ3) is 5.91. The van der Waals surface area contributed by atoms with Crippen LogP contribution >= 0.6 is 12.2 Å². The fourth-order valence-electron chi connectivity index (χ4n) is 1.37. The summed E-state index contributed by atoms with van der Waals surface area (Å²) in [5.74, 6) is -0.216. The van der Waals surface area contributed by atoms with Crippen LogP contribution in [0.3, 0.4) is 0 Å². The summed E-state index contributed by atoms with van der Waals surface area (Å²) in [6.45, 7) is 7.29. The highest BCUT2D eigenvalue weighted by Gasteiger charge is 2.21. The molecule has 0 aliphatic rings. The van der Waals surface area contributed by atoms with E-state index < -0.39 is 5.41 Å². The predicted octanol–water partition coefficient (Wildman–Crippen LogP) is 2.89. The summed E-state index contributed by atoms with van der Waals surface area (Å²) in [5, 5.41) is 8.54. The molecule has 1 aromatic carbocycles. The molecule has 3 N–H and O–H groups in total. The van der Waals surface area contributed by atoms with Gasteiger partial charge in [-0.05, 0) is 30.4 Å². The number of thiocarbonyl (C=S) groups is 1. The van der Waals surface area contributed by atoms with Gasteiger partial charge in [-0.25, -0.2) is 0 Å². The standard InChI is InChI=1S/C15H21N3O2S/c1-5-12(19)18-14(21)17-11-8-6-7-10(9-11)16-13(20)15(2,3)4/h6-9H,5H2,1-4H3,(H,16,20)(H2,17,18,19,21). The van der Waals surface area contributed by atoms with Gasteiger partial charge < -0.3 is 16.0 Å². The molecule has 0 bridgehead atoms. The molecule has 0 radical (unpaired) electrons. The molecule has 114 valence electrons. The molecule has 0 aromatic heterocycles. The number of hydrogen-bond acceptors (Lipinski definition) is 3. The maximum absolute atomic E-state index is 11.9. The SMILES string of the molecule is CCC(=O)NC(=S)Nc1cccc(NC(=O)C(C)(C)C)c1. The fourth-order valence-corrected chi connectivity index (χ4v) is 1.60. The first-order valence-electron chi connectivity index (χ1n) is 6.74. The molecule has 0 aliphatic carbocycles. The van der Waals surface area contributed by atoms with Crippen LogP contribution in [0.1, 0.15) is 34.1 Å².